The summed E-state index contributed by atoms with van der Waals surface area (Å²) in [6, 6.07) is 12.6. The first-order valence-corrected chi connectivity index (χ1v) is 8.71. The maximum atomic E-state index is 5.65. The Kier molecular flexibility index (Phi) is 7.10. The predicted molar refractivity (Wildman–Crippen MR) is 97.7 cm³/mol. The minimum Gasteiger partial charge on any atom is -0.374 e. The third kappa shape index (κ3) is 6.42. The van der Waals surface area contributed by atoms with Gasteiger partial charge in [0.15, 0.2) is 5.96 Å². The smallest absolute Gasteiger partial charge is 0.191 e. The monoisotopic (exact) mass is 331 g/mol. The molecule has 0 saturated carbocycles. The fourth-order valence-corrected chi connectivity index (χ4v) is 2.73. The Morgan fingerprint density at radius 1 is 1.13 bits per heavy atom. The van der Waals surface area contributed by atoms with Crippen molar-refractivity contribution in [3.05, 3.63) is 57.8 Å². The number of hydrogen-bond donors (Lipinski definition) is 2. The summed E-state index contributed by atoms with van der Waals surface area (Å²) >= 11 is 1.74. The summed E-state index contributed by atoms with van der Waals surface area (Å²) in [6.45, 7) is 6.28. The van der Waals surface area contributed by atoms with E-state index < -0.39 is 0 Å². The van der Waals surface area contributed by atoms with E-state index in [4.69, 9.17) is 4.74 Å². The van der Waals surface area contributed by atoms with Gasteiger partial charge in [-0.15, -0.1) is 11.3 Å². The predicted octanol–water partition coefficient (Wildman–Crippen LogP) is 3.54. The van der Waals surface area contributed by atoms with Crippen molar-refractivity contribution < 1.29 is 4.74 Å². The first-order chi connectivity index (χ1) is 11.2. The van der Waals surface area contributed by atoms with Crippen LogP contribution in [-0.2, 0) is 24.4 Å². The number of aliphatic imine (C=N–C) groups is 1. The molecular formula is C18H25N3OS. The molecule has 0 amide bonds. The van der Waals surface area contributed by atoms with E-state index in [0.717, 1.165) is 19.0 Å². The Balaban J connectivity index is 1.82. The molecule has 2 rings (SSSR count). The van der Waals surface area contributed by atoms with E-state index in [2.05, 4.69) is 71.3 Å². The van der Waals surface area contributed by atoms with E-state index in [1.807, 2.05) is 0 Å². The summed E-state index contributed by atoms with van der Waals surface area (Å²) in [5, 5.41) is 8.75. The standard InChI is InChI=1S/C18H25N3OS/c1-14(2)22-13-16-7-4-6-15(10-16)11-20-18(19-3)21-12-17-8-5-9-23-17/h4-10,14H,11-13H2,1-3H3,(H2,19,20,21). The Morgan fingerprint density at radius 2 is 1.91 bits per heavy atom. The fraction of sp³-hybridized carbons (Fsp3) is 0.389. The third-order valence-corrected chi connectivity index (χ3v) is 4.14. The summed E-state index contributed by atoms with van der Waals surface area (Å²) in [7, 11) is 1.79. The van der Waals surface area contributed by atoms with Crippen LogP contribution < -0.4 is 10.6 Å². The SMILES string of the molecule is CN=C(NCc1cccc(COC(C)C)c1)NCc1cccs1. The highest BCUT2D eigenvalue weighted by atomic mass is 32.1. The van der Waals surface area contributed by atoms with Crippen LogP contribution in [0.15, 0.2) is 46.8 Å². The van der Waals surface area contributed by atoms with Crippen molar-refractivity contribution in [2.24, 2.45) is 4.99 Å². The van der Waals surface area contributed by atoms with Crippen molar-refractivity contribution in [1.29, 1.82) is 0 Å². The molecule has 4 nitrogen and oxygen atoms in total. The molecule has 0 radical (unpaired) electrons. The number of guanidine groups is 1. The van der Waals surface area contributed by atoms with Gasteiger partial charge in [0.25, 0.3) is 0 Å². The molecule has 0 aliphatic rings. The molecule has 0 atom stereocenters. The lowest BCUT2D eigenvalue weighted by Gasteiger charge is -2.12. The lowest BCUT2D eigenvalue weighted by Crippen LogP contribution is -2.36. The van der Waals surface area contributed by atoms with Crippen molar-refractivity contribution in [3.63, 3.8) is 0 Å². The number of nitrogens with zero attached hydrogens (tertiary/aromatic N) is 1. The van der Waals surface area contributed by atoms with Crippen LogP contribution in [0.3, 0.4) is 0 Å². The zero-order valence-corrected chi connectivity index (χ0v) is 14.8. The third-order valence-electron chi connectivity index (χ3n) is 3.27. The molecule has 1 heterocycles. The summed E-state index contributed by atoms with van der Waals surface area (Å²) in [6.07, 6.45) is 0.247. The van der Waals surface area contributed by atoms with Crippen LogP contribution in [0.25, 0.3) is 0 Å². The van der Waals surface area contributed by atoms with Crippen LogP contribution in [0.4, 0.5) is 0 Å². The van der Waals surface area contributed by atoms with Crippen molar-refractivity contribution in [2.75, 3.05) is 7.05 Å². The molecule has 1 aromatic heterocycles. The second kappa shape index (κ2) is 9.33. The molecule has 2 aromatic rings. The number of benzene rings is 1. The van der Waals surface area contributed by atoms with Crippen molar-refractivity contribution >= 4 is 17.3 Å². The first-order valence-electron chi connectivity index (χ1n) is 7.83. The highest BCUT2D eigenvalue weighted by Crippen LogP contribution is 2.09. The Hall–Kier alpha value is -1.85. The molecule has 0 unspecified atom stereocenters. The Bertz CT molecular complexity index is 608. The minimum absolute atomic E-state index is 0.247. The summed E-state index contributed by atoms with van der Waals surface area (Å²) < 4.78 is 5.65. The van der Waals surface area contributed by atoms with Crippen LogP contribution in [0.1, 0.15) is 29.9 Å². The number of rotatable bonds is 7. The topological polar surface area (TPSA) is 45.7 Å². The zero-order valence-electron chi connectivity index (χ0n) is 14.0. The molecule has 0 saturated heterocycles. The molecule has 23 heavy (non-hydrogen) atoms. The van der Waals surface area contributed by atoms with Crippen LogP contribution in [-0.4, -0.2) is 19.1 Å². The molecule has 0 spiro atoms. The Labute approximate surface area is 142 Å². The molecule has 5 heteroatoms. The van der Waals surface area contributed by atoms with Crippen LogP contribution in [0.2, 0.25) is 0 Å². The largest absolute Gasteiger partial charge is 0.374 e. The minimum atomic E-state index is 0.247. The number of hydrogen-bond acceptors (Lipinski definition) is 3. The van der Waals surface area contributed by atoms with Gasteiger partial charge in [0.05, 0.1) is 19.3 Å². The van der Waals surface area contributed by atoms with Gasteiger partial charge in [0.2, 0.25) is 0 Å². The van der Waals surface area contributed by atoms with Crippen molar-refractivity contribution in [3.8, 4) is 0 Å². The first kappa shape index (κ1) is 17.5. The van der Waals surface area contributed by atoms with Gasteiger partial charge >= 0.3 is 0 Å². The number of thiophene rings is 1. The molecule has 1 aromatic carbocycles. The maximum absolute atomic E-state index is 5.65. The molecule has 124 valence electrons. The highest BCUT2D eigenvalue weighted by molar-refractivity contribution is 7.09. The zero-order chi connectivity index (χ0) is 16.5. The van der Waals surface area contributed by atoms with E-state index in [1.165, 1.54) is 16.0 Å². The molecule has 0 aliphatic heterocycles. The number of ether oxygens (including phenoxy) is 1. The van der Waals surface area contributed by atoms with Gasteiger partial charge in [0.1, 0.15) is 0 Å². The molecule has 0 fully saturated rings. The molecular weight excluding hydrogens is 306 g/mol. The summed E-state index contributed by atoms with van der Waals surface area (Å²) in [5.41, 5.74) is 2.41. The van der Waals surface area contributed by atoms with Gasteiger partial charge in [0, 0.05) is 18.5 Å². The average molecular weight is 331 g/mol. The fourth-order valence-electron chi connectivity index (χ4n) is 2.08. The van der Waals surface area contributed by atoms with Gasteiger partial charge in [-0.2, -0.15) is 0 Å². The van der Waals surface area contributed by atoms with E-state index in [9.17, 15) is 0 Å². The second-order valence-electron chi connectivity index (χ2n) is 5.54. The van der Waals surface area contributed by atoms with Gasteiger partial charge in [-0.1, -0.05) is 30.3 Å². The second-order valence-corrected chi connectivity index (χ2v) is 6.57. The van der Waals surface area contributed by atoms with Crippen molar-refractivity contribution in [1.82, 2.24) is 10.6 Å². The lowest BCUT2D eigenvalue weighted by atomic mass is 10.1. The van der Waals surface area contributed by atoms with E-state index in [-0.39, 0.29) is 6.10 Å². The molecule has 0 aliphatic carbocycles. The van der Waals surface area contributed by atoms with Crippen molar-refractivity contribution in [2.45, 2.75) is 39.6 Å². The quantitative estimate of drug-likeness (QED) is 0.602. The average Bonchev–Trinajstić information content (AvgIpc) is 3.07. The van der Waals surface area contributed by atoms with Gasteiger partial charge in [-0.25, -0.2) is 0 Å². The molecule has 2 N–H and O–H groups in total. The van der Waals surface area contributed by atoms with E-state index >= 15 is 0 Å². The van der Waals surface area contributed by atoms with Gasteiger partial charge < -0.3 is 15.4 Å². The van der Waals surface area contributed by atoms with Crippen LogP contribution in [0.5, 0.6) is 0 Å². The Morgan fingerprint density at radius 3 is 2.61 bits per heavy atom. The van der Waals surface area contributed by atoms with Crippen LogP contribution in [0, 0.1) is 0 Å². The van der Waals surface area contributed by atoms with Gasteiger partial charge in [-0.3, -0.25) is 4.99 Å². The summed E-state index contributed by atoms with van der Waals surface area (Å²) in [5.74, 6) is 0.808. The normalized spacial score (nSPS) is 11.7. The molecule has 0 bridgehead atoms. The van der Waals surface area contributed by atoms with E-state index in [0.29, 0.717) is 6.61 Å². The van der Waals surface area contributed by atoms with E-state index in [1.54, 1.807) is 18.4 Å². The maximum Gasteiger partial charge on any atom is 0.191 e. The lowest BCUT2D eigenvalue weighted by molar-refractivity contribution is 0.0657. The number of nitrogens with one attached hydrogen (secondary N) is 2. The summed E-state index contributed by atoms with van der Waals surface area (Å²) in [4.78, 5) is 5.55. The van der Waals surface area contributed by atoms with Gasteiger partial charge in [-0.05, 0) is 36.4 Å². The van der Waals surface area contributed by atoms with Crippen LogP contribution >= 0.6 is 11.3 Å². The highest BCUT2D eigenvalue weighted by Gasteiger charge is 2.02.